The van der Waals surface area contributed by atoms with Crippen molar-refractivity contribution in [3.05, 3.63) is 35.4 Å². The van der Waals surface area contributed by atoms with Gasteiger partial charge in [-0.1, -0.05) is 24.3 Å². The van der Waals surface area contributed by atoms with E-state index in [1.54, 1.807) is 6.92 Å². The summed E-state index contributed by atoms with van der Waals surface area (Å²) < 4.78 is 0. The molecule has 1 aromatic carbocycles. The molecule has 2 rings (SSSR count). The van der Waals surface area contributed by atoms with Crippen LogP contribution in [0.1, 0.15) is 43.4 Å². The molecule has 104 valence electrons. The van der Waals surface area contributed by atoms with Gasteiger partial charge in [-0.2, -0.15) is 0 Å². The monoisotopic (exact) mass is 262 g/mol. The molecule has 0 spiro atoms. The van der Waals surface area contributed by atoms with Gasteiger partial charge in [-0.25, -0.2) is 0 Å². The summed E-state index contributed by atoms with van der Waals surface area (Å²) in [6.45, 7) is 3.32. The Morgan fingerprint density at radius 3 is 2.79 bits per heavy atom. The first-order valence-electron chi connectivity index (χ1n) is 6.92. The van der Waals surface area contributed by atoms with Gasteiger partial charge in [0.25, 0.3) is 0 Å². The fourth-order valence-corrected chi connectivity index (χ4v) is 2.34. The molecule has 3 N–H and O–H groups in total. The minimum atomic E-state index is -0.447. The molecule has 1 amide bonds. The summed E-state index contributed by atoms with van der Waals surface area (Å²) in [6.07, 6.45) is 2.37. The second kappa shape index (κ2) is 6.68. The average Bonchev–Trinajstić information content (AvgIpc) is 2.89. The van der Waals surface area contributed by atoms with Crippen LogP contribution in [0.2, 0.25) is 0 Å². The number of carbonyl (C=O) groups is 1. The number of rotatable bonds is 5. The quantitative estimate of drug-likeness (QED) is 0.753. The SMILES string of the molecule is CC(O)c1ccc(CNC(=O)CC2CCCN2)cc1. The third-order valence-electron chi connectivity index (χ3n) is 3.55. The second-order valence-electron chi connectivity index (χ2n) is 5.19. The highest BCUT2D eigenvalue weighted by molar-refractivity contribution is 5.76. The van der Waals surface area contributed by atoms with Gasteiger partial charge >= 0.3 is 0 Å². The fraction of sp³-hybridized carbons (Fsp3) is 0.533. The molecule has 1 aromatic rings. The van der Waals surface area contributed by atoms with Crippen LogP contribution in [0.4, 0.5) is 0 Å². The number of carbonyl (C=O) groups excluding carboxylic acids is 1. The third kappa shape index (κ3) is 4.33. The van der Waals surface area contributed by atoms with E-state index < -0.39 is 6.10 Å². The lowest BCUT2D eigenvalue weighted by atomic mass is 10.1. The van der Waals surface area contributed by atoms with Crippen molar-refractivity contribution >= 4 is 5.91 Å². The number of benzene rings is 1. The minimum absolute atomic E-state index is 0.0963. The number of nitrogens with one attached hydrogen (secondary N) is 2. The molecule has 4 heteroatoms. The topological polar surface area (TPSA) is 61.4 Å². The first-order chi connectivity index (χ1) is 9.15. The Morgan fingerprint density at radius 2 is 2.21 bits per heavy atom. The number of amides is 1. The van der Waals surface area contributed by atoms with E-state index in [2.05, 4.69) is 10.6 Å². The van der Waals surface area contributed by atoms with Crippen LogP contribution in [0.5, 0.6) is 0 Å². The van der Waals surface area contributed by atoms with Crippen LogP contribution >= 0.6 is 0 Å². The highest BCUT2D eigenvalue weighted by atomic mass is 16.3. The number of hydrogen-bond acceptors (Lipinski definition) is 3. The van der Waals surface area contributed by atoms with Crippen LogP contribution in [-0.2, 0) is 11.3 Å². The van der Waals surface area contributed by atoms with Gasteiger partial charge in [0.2, 0.25) is 5.91 Å². The third-order valence-corrected chi connectivity index (χ3v) is 3.55. The molecule has 1 heterocycles. The molecule has 0 aliphatic carbocycles. The Morgan fingerprint density at radius 1 is 1.47 bits per heavy atom. The zero-order chi connectivity index (χ0) is 13.7. The molecule has 1 fully saturated rings. The standard InChI is InChI=1S/C15H22N2O2/c1-11(18)13-6-4-12(5-7-13)10-17-15(19)9-14-3-2-8-16-14/h4-7,11,14,16,18H,2-3,8-10H2,1H3,(H,17,19). The predicted octanol–water partition coefficient (Wildman–Crippen LogP) is 1.50. The average molecular weight is 262 g/mol. The molecular formula is C15H22N2O2. The van der Waals surface area contributed by atoms with Crippen LogP contribution in [0.25, 0.3) is 0 Å². The molecular weight excluding hydrogens is 240 g/mol. The molecule has 1 aliphatic rings. The van der Waals surface area contributed by atoms with E-state index in [9.17, 15) is 9.90 Å². The summed E-state index contributed by atoms with van der Waals surface area (Å²) >= 11 is 0. The van der Waals surface area contributed by atoms with E-state index >= 15 is 0 Å². The fourth-order valence-electron chi connectivity index (χ4n) is 2.34. The van der Waals surface area contributed by atoms with Crippen molar-refractivity contribution in [3.63, 3.8) is 0 Å². The zero-order valence-electron chi connectivity index (χ0n) is 11.4. The Kier molecular flexibility index (Phi) is 4.93. The van der Waals surface area contributed by atoms with Crippen molar-refractivity contribution in [3.8, 4) is 0 Å². The van der Waals surface area contributed by atoms with Crippen molar-refractivity contribution in [1.82, 2.24) is 10.6 Å². The van der Waals surface area contributed by atoms with Gasteiger partial charge in [0.1, 0.15) is 0 Å². The molecule has 1 aliphatic heterocycles. The van der Waals surface area contributed by atoms with Gasteiger partial charge in [0, 0.05) is 19.0 Å². The molecule has 1 saturated heterocycles. The molecule has 4 nitrogen and oxygen atoms in total. The smallest absolute Gasteiger partial charge is 0.221 e. The van der Waals surface area contributed by atoms with Crippen LogP contribution in [0.15, 0.2) is 24.3 Å². The largest absolute Gasteiger partial charge is 0.389 e. The lowest BCUT2D eigenvalue weighted by Crippen LogP contribution is -2.31. The summed E-state index contributed by atoms with van der Waals surface area (Å²) in [4.78, 5) is 11.8. The first kappa shape index (κ1) is 14.0. The zero-order valence-corrected chi connectivity index (χ0v) is 11.4. The lowest BCUT2D eigenvalue weighted by Gasteiger charge is -2.11. The molecule has 0 bridgehead atoms. The summed E-state index contributed by atoms with van der Waals surface area (Å²) in [5, 5.41) is 15.7. The molecule has 0 saturated carbocycles. The first-order valence-corrected chi connectivity index (χ1v) is 6.92. The Hall–Kier alpha value is -1.39. The van der Waals surface area contributed by atoms with Crippen molar-refractivity contribution < 1.29 is 9.90 Å². The van der Waals surface area contributed by atoms with E-state index in [0.29, 0.717) is 19.0 Å². The van der Waals surface area contributed by atoms with Crippen LogP contribution < -0.4 is 10.6 Å². The Bertz CT molecular complexity index is 409. The number of aliphatic hydroxyl groups is 1. The highest BCUT2D eigenvalue weighted by Crippen LogP contribution is 2.13. The summed E-state index contributed by atoms with van der Waals surface area (Å²) in [5.41, 5.74) is 1.95. The van der Waals surface area contributed by atoms with E-state index in [-0.39, 0.29) is 5.91 Å². The van der Waals surface area contributed by atoms with Crippen molar-refractivity contribution in [2.24, 2.45) is 0 Å². The summed E-state index contributed by atoms with van der Waals surface area (Å²) in [6, 6.07) is 8.01. The minimum Gasteiger partial charge on any atom is -0.389 e. The maximum absolute atomic E-state index is 11.8. The van der Waals surface area contributed by atoms with Crippen molar-refractivity contribution in [2.75, 3.05) is 6.54 Å². The van der Waals surface area contributed by atoms with Crippen LogP contribution in [0, 0.1) is 0 Å². The van der Waals surface area contributed by atoms with Crippen LogP contribution in [0.3, 0.4) is 0 Å². The van der Waals surface area contributed by atoms with Gasteiger partial charge in [0.05, 0.1) is 6.10 Å². The van der Waals surface area contributed by atoms with Gasteiger partial charge in [-0.15, -0.1) is 0 Å². The van der Waals surface area contributed by atoms with Crippen LogP contribution in [-0.4, -0.2) is 23.6 Å². The maximum atomic E-state index is 11.8. The Labute approximate surface area is 114 Å². The summed E-state index contributed by atoms with van der Waals surface area (Å²) in [5.74, 6) is 0.0963. The molecule has 0 aromatic heterocycles. The maximum Gasteiger partial charge on any atom is 0.221 e. The Balaban J connectivity index is 1.76. The summed E-state index contributed by atoms with van der Waals surface area (Å²) in [7, 11) is 0. The number of aliphatic hydroxyl groups excluding tert-OH is 1. The lowest BCUT2D eigenvalue weighted by molar-refractivity contribution is -0.121. The van der Waals surface area contributed by atoms with Gasteiger partial charge < -0.3 is 15.7 Å². The van der Waals surface area contributed by atoms with Gasteiger partial charge in [0.15, 0.2) is 0 Å². The molecule has 2 unspecified atom stereocenters. The highest BCUT2D eigenvalue weighted by Gasteiger charge is 2.17. The van der Waals surface area contributed by atoms with E-state index in [4.69, 9.17) is 0 Å². The molecule has 19 heavy (non-hydrogen) atoms. The molecule has 0 radical (unpaired) electrons. The predicted molar refractivity (Wildman–Crippen MR) is 74.6 cm³/mol. The van der Waals surface area contributed by atoms with E-state index in [0.717, 1.165) is 24.1 Å². The van der Waals surface area contributed by atoms with Gasteiger partial charge in [-0.05, 0) is 37.4 Å². The second-order valence-corrected chi connectivity index (χ2v) is 5.19. The van der Waals surface area contributed by atoms with Crippen molar-refractivity contribution in [2.45, 2.75) is 44.9 Å². The van der Waals surface area contributed by atoms with Crippen molar-refractivity contribution in [1.29, 1.82) is 0 Å². The van der Waals surface area contributed by atoms with Gasteiger partial charge in [-0.3, -0.25) is 4.79 Å². The van der Waals surface area contributed by atoms with E-state index in [1.165, 1.54) is 6.42 Å². The number of hydrogen-bond donors (Lipinski definition) is 3. The normalized spacial score (nSPS) is 20.2. The molecule has 2 atom stereocenters. The van der Waals surface area contributed by atoms with E-state index in [1.807, 2.05) is 24.3 Å².